The van der Waals surface area contributed by atoms with Gasteiger partial charge in [0.15, 0.2) is 0 Å². The smallest absolute Gasteiger partial charge is 0.333 e. The summed E-state index contributed by atoms with van der Waals surface area (Å²) in [6.07, 6.45) is 0.670. The summed E-state index contributed by atoms with van der Waals surface area (Å²) in [6, 6.07) is -0.166. The SMILES string of the molecule is C=C(C)CC(N)COC(=O)C(=C)C. The fourth-order valence-electron chi connectivity index (χ4n) is 0.812. The summed E-state index contributed by atoms with van der Waals surface area (Å²) in [7, 11) is 0. The van der Waals surface area contributed by atoms with Gasteiger partial charge in [0.05, 0.1) is 0 Å². The molecule has 74 valence electrons. The van der Waals surface area contributed by atoms with Crippen LogP contribution in [0.5, 0.6) is 0 Å². The minimum Gasteiger partial charge on any atom is -0.461 e. The molecule has 0 fully saturated rings. The number of nitrogens with two attached hydrogens (primary N) is 1. The Morgan fingerprint density at radius 1 is 1.46 bits per heavy atom. The molecule has 0 aromatic carbocycles. The Morgan fingerprint density at radius 2 is 2.00 bits per heavy atom. The molecule has 2 N–H and O–H groups in total. The van der Waals surface area contributed by atoms with Crippen molar-refractivity contribution in [3.05, 3.63) is 24.3 Å². The molecule has 3 heteroatoms. The molecule has 0 aliphatic rings. The molecule has 1 atom stereocenters. The molecule has 0 heterocycles. The number of hydrogen-bond donors (Lipinski definition) is 1. The van der Waals surface area contributed by atoms with E-state index in [9.17, 15) is 4.79 Å². The molecule has 0 aromatic heterocycles. The van der Waals surface area contributed by atoms with Crippen LogP contribution in [0.3, 0.4) is 0 Å². The van der Waals surface area contributed by atoms with Crippen LogP contribution >= 0.6 is 0 Å². The summed E-state index contributed by atoms with van der Waals surface area (Å²) in [5, 5.41) is 0. The number of carbonyl (C=O) groups excluding carboxylic acids is 1. The first-order chi connectivity index (χ1) is 5.93. The van der Waals surface area contributed by atoms with E-state index in [2.05, 4.69) is 13.2 Å². The Hall–Kier alpha value is -1.09. The number of carbonyl (C=O) groups is 1. The van der Waals surface area contributed by atoms with E-state index in [1.54, 1.807) is 6.92 Å². The predicted octanol–water partition coefficient (Wildman–Crippen LogP) is 1.40. The molecule has 0 spiro atoms. The van der Waals surface area contributed by atoms with Crippen LogP contribution in [-0.2, 0) is 9.53 Å². The summed E-state index contributed by atoms with van der Waals surface area (Å²) in [5.41, 5.74) is 7.03. The van der Waals surface area contributed by atoms with Crippen molar-refractivity contribution < 1.29 is 9.53 Å². The van der Waals surface area contributed by atoms with Gasteiger partial charge in [-0.25, -0.2) is 4.79 Å². The number of esters is 1. The van der Waals surface area contributed by atoms with Crippen LogP contribution in [0.2, 0.25) is 0 Å². The van der Waals surface area contributed by atoms with Crippen molar-refractivity contribution in [2.75, 3.05) is 6.61 Å². The van der Waals surface area contributed by atoms with Gasteiger partial charge in [-0.2, -0.15) is 0 Å². The molecule has 3 nitrogen and oxygen atoms in total. The van der Waals surface area contributed by atoms with Gasteiger partial charge in [-0.3, -0.25) is 0 Å². The van der Waals surface area contributed by atoms with Crippen molar-refractivity contribution in [3.8, 4) is 0 Å². The zero-order chi connectivity index (χ0) is 10.4. The third-order valence-electron chi connectivity index (χ3n) is 1.39. The zero-order valence-electron chi connectivity index (χ0n) is 8.30. The molecule has 0 amide bonds. The molecule has 1 unspecified atom stereocenters. The lowest BCUT2D eigenvalue weighted by Crippen LogP contribution is -2.28. The van der Waals surface area contributed by atoms with E-state index >= 15 is 0 Å². The average Bonchev–Trinajstić information content (AvgIpc) is 1.98. The van der Waals surface area contributed by atoms with E-state index in [-0.39, 0.29) is 12.6 Å². The molecule has 0 bridgehead atoms. The molecular formula is C10H17NO2. The maximum Gasteiger partial charge on any atom is 0.333 e. The van der Waals surface area contributed by atoms with Crippen molar-refractivity contribution >= 4 is 5.97 Å². The molecule has 13 heavy (non-hydrogen) atoms. The third-order valence-corrected chi connectivity index (χ3v) is 1.39. The van der Waals surface area contributed by atoms with Crippen molar-refractivity contribution in [3.63, 3.8) is 0 Å². The lowest BCUT2D eigenvalue weighted by molar-refractivity contribution is -0.139. The van der Waals surface area contributed by atoms with Crippen molar-refractivity contribution in [2.45, 2.75) is 26.3 Å². The Bertz CT molecular complexity index is 221. The lowest BCUT2D eigenvalue weighted by atomic mass is 10.1. The van der Waals surface area contributed by atoms with Crippen molar-refractivity contribution in [2.24, 2.45) is 5.73 Å². The van der Waals surface area contributed by atoms with Crippen molar-refractivity contribution in [1.29, 1.82) is 0 Å². The van der Waals surface area contributed by atoms with Crippen LogP contribution in [-0.4, -0.2) is 18.6 Å². The Balaban J connectivity index is 3.70. The highest BCUT2D eigenvalue weighted by Crippen LogP contribution is 2.01. The van der Waals surface area contributed by atoms with Gasteiger partial charge in [0.2, 0.25) is 0 Å². The first-order valence-corrected chi connectivity index (χ1v) is 4.16. The molecular weight excluding hydrogens is 166 g/mol. The highest BCUT2D eigenvalue weighted by atomic mass is 16.5. The maximum absolute atomic E-state index is 10.9. The van der Waals surface area contributed by atoms with E-state index in [1.807, 2.05) is 6.92 Å². The van der Waals surface area contributed by atoms with Crippen LogP contribution in [0.25, 0.3) is 0 Å². The first-order valence-electron chi connectivity index (χ1n) is 4.16. The van der Waals surface area contributed by atoms with Crippen LogP contribution in [0.15, 0.2) is 24.3 Å². The molecule has 0 radical (unpaired) electrons. The Labute approximate surface area is 79.3 Å². The fraction of sp³-hybridized carbons (Fsp3) is 0.500. The zero-order valence-corrected chi connectivity index (χ0v) is 8.30. The highest BCUT2D eigenvalue weighted by molar-refractivity contribution is 5.86. The molecule has 0 saturated heterocycles. The predicted molar refractivity (Wildman–Crippen MR) is 53.2 cm³/mol. The minimum absolute atomic E-state index is 0.166. The van der Waals surface area contributed by atoms with Crippen LogP contribution in [0.4, 0.5) is 0 Å². The minimum atomic E-state index is -0.392. The standard InChI is InChI=1S/C10H17NO2/c1-7(2)5-9(11)6-13-10(12)8(3)4/h9H,1,3,5-6,11H2,2,4H3. The second-order valence-electron chi connectivity index (χ2n) is 3.30. The van der Waals surface area contributed by atoms with Gasteiger partial charge in [-0.1, -0.05) is 12.2 Å². The summed E-state index contributed by atoms with van der Waals surface area (Å²) in [5.74, 6) is -0.392. The molecule has 0 aliphatic carbocycles. The van der Waals surface area contributed by atoms with E-state index in [0.717, 1.165) is 5.57 Å². The highest BCUT2D eigenvalue weighted by Gasteiger charge is 2.07. The van der Waals surface area contributed by atoms with Gasteiger partial charge < -0.3 is 10.5 Å². The molecule has 0 rings (SSSR count). The normalized spacial score (nSPS) is 11.9. The fourth-order valence-corrected chi connectivity index (χ4v) is 0.812. The molecule has 0 aromatic rings. The summed E-state index contributed by atoms with van der Waals surface area (Å²) >= 11 is 0. The summed E-state index contributed by atoms with van der Waals surface area (Å²) < 4.78 is 4.86. The lowest BCUT2D eigenvalue weighted by Gasteiger charge is -2.11. The first kappa shape index (κ1) is 11.9. The average molecular weight is 183 g/mol. The van der Waals surface area contributed by atoms with E-state index in [1.165, 1.54) is 0 Å². The van der Waals surface area contributed by atoms with Gasteiger partial charge in [0, 0.05) is 11.6 Å². The van der Waals surface area contributed by atoms with Crippen LogP contribution in [0, 0.1) is 0 Å². The largest absolute Gasteiger partial charge is 0.461 e. The summed E-state index contributed by atoms with van der Waals surface area (Å²) in [4.78, 5) is 10.9. The second-order valence-corrected chi connectivity index (χ2v) is 3.30. The molecule has 0 aliphatic heterocycles. The monoisotopic (exact) mass is 183 g/mol. The van der Waals surface area contributed by atoms with Gasteiger partial charge >= 0.3 is 5.97 Å². The van der Waals surface area contributed by atoms with E-state index in [4.69, 9.17) is 10.5 Å². The van der Waals surface area contributed by atoms with Gasteiger partial charge in [-0.05, 0) is 20.3 Å². The maximum atomic E-state index is 10.9. The van der Waals surface area contributed by atoms with Crippen LogP contribution < -0.4 is 5.73 Å². The number of hydrogen-bond acceptors (Lipinski definition) is 3. The number of rotatable bonds is 5. The summed E-state index contributed by atoms with van der Waals surface area (Å²) in [6.45, 7) is 10.9. The van der Waals surface area contributed by atoms with Gasteiger partial charge in [0.1, 0.15) is 6.61 Å². The molecule has 0 saturated carbocycles. The van der Waals surface area contributed by atoms with Crippen LogP contribution in [0.1, 0.15) is 20.3 Å². The van der Waals surface area contributed by atoms with E-state index in [0.29, 0.717) is 12.0 Å². The quantitative estimate of drug-likeness (QED) is 0.398. The Kier molecular flexibility index (Phi) is 5.07. The van der Waals surface area contributed by atoms with Gasteiger partial charge in [0.25, 0.3) is 0 Å². The second kappa shape index (κ2) is 5.54. The topological polar surface area (TPSA) is 52.3 Å². The Morgan fingerprint density at radius 3 is 2.38 bits per heavy atom. The third kappa shape index (κ3) is 6.11. The number of ether oxygens (including phenoxy) is 1. The van der Waals surface area contributed by atoms with Crippen molar-refractivity contribution in [1.82, 2.24) is 0 Å². The van der Waals surface area contributed by atoms with E-state index < -0.39 is 5.97 Å². The van der Waals surface area contributed by atoms with Gasteiger partial charge in [-0.15, -0.1) is 6.58 Å².